The molecule has 9 heteroatoms. The average molecular weight is 348 g/mol. The van der Waals surface area contributed by atoms with Gasteiger partial charge in [0, 0.05) is 15.7 Å². The highest BCUT2D eigenvalue weighted by Gasteiger charge is 2.66. The van der Waals surface area contributed by atoms with Crippen molar-refractivity contribution in [2.24, 2.45) is 0 Å². The molecule has 0 bridgehead atoms. The van der Waals surface area contributed by atoms with Gasteiger partial charge >= 0.3 is 6.18 Å². The van der Waals surface area contributed by atoms with Crippen LogP contribution in [0.4, 0.5) is 18.9 Å². The summed E-state index contributed by atoms with van der Waals surface area (Å²) in [6.45, 7) is 0. The number of tetrazole rings is 1. The Morgan fingerprint density at radius 3 is 2.55 bits per heavy atom. The molecule has 1 saturated carbocycles. The highest BCUT2D eigenvalue weighted by Crippen LogP contribution is 2.55. The molecule has 5 nitrogen and oxygen atoms in total. The Balaban J connectivity index is 2.09. The minimum Gasteiger partial charge on any atom is -0.398 e. The number of halogens is 4. The molecule has 1 aromatic carbocycles. The summed E-state index contributed by atoms with van der Waals surface area (Å²) in [4.78, 5) is 0. The van der Waals surface area contributed by atoms with E-state index in [0.29, 0.717) is 15.7 Å². The van der Waals surface area contributed by atoms with Gasteiger partial charge in [0.2, 0.25) is 0 Å². The number of anilines is 1. The largest absolute Gasteiger partial charge is 0.413 e. The van der Waals surface area contributed by atoms with Gasteiger partial charge in [0.15, 0.2) is 11.4 Å². The second-order valence-electron chi connectivity index (χ2n) is 4.68. The van der Waals surface area contributed by atoms with E-state index in [-0.39, 0.29) is 18.7 Å². The summed E-state index contributed by atoms with van der Waals surface area (Å²) < 4.78 is 41.0. The normalized spacial score (nSPS) is 17.2. The van der Waals surface area contributed by atoms with Crippen molar-refractivity contribution in [3.63, 3.8) is 0 Å². The Bertz CT molecular complexity index is 662. The van der Waals surface area contributed by atoms with Crippen LogP contribution >= 0.6 is 15.9 Å². The number of alkyl halides is 3. The third-order valence-electron chi connectivity index (χ3n) is 3.38. The van der Waals surface area contributed by atoms with Crippen LogP contribution in [0.1, 0.15) is 12.8 Å². The first-order valence-electron chi connectivity index (χ1n) is 5.76. The van der Waals surface area contributed by atoms with Crippen LogP contribution in [0.5, 0.6) is 0 Å². The van der Waals surface area contributed by atoms with Crippen LogP contribution in [-0.2, 0) is 5.54 Å². The topological polar surface area (TPSA) is 69.6 Å². The van der Waals surface area contributed by atoms with Gasteiger partial charge in [-0.1, -0.05) is 0 Å². The molecule has 2 N–H and O–H groups in total. The maximum atomic E-state index is 13.1. The predicted octanol–water partition coefficient (Wildman–Crippen LogP) is 2.74. The predicted molar refractivity (Wildman–Crippen MR) is 68.6 cm³/mol. The van der Waals surface area contributed by atoms with Crippen molar-refractivity contribution < 1.29 is 13.2 Å². The molecule has 0 spiro atoms. The van der Waals surface area contributed by atoms with Crippen molar-refractivity contribution in [2.75, 3.05) is 5.73 Å². The molecule has 0 radical (unpaired) electrons. The van der Waals surface area contributed by atoms with E-state index in [1.54, 1.807) is 18.2 Å². The Morgan fingerprint density at radius 1 is 1.30 bits per heavy atom. The van der Waals surface area contributed by atoms with Crippen LogP contribution in [0.15, 0.2) is 22.7 Å². The SMILES string of the molecule is Nc1cc(-c2nnnn2C2(C(F)(F)F)CC2)ccc1Br. The fourth-order valence-electron chi connectivity index (χ4n) is 2.07. The molecule has 0 saturated heterocycles. The lowest BCUT2D eigenvalue weighted by Crippen LogP contribution is -2.36. The van der Waals surface area contributed by atoms with E-state index < -0.39 is 11.7 Å². The number of hydrogen-bond acceptors (Lipinski definition) is 4. The summed E-state index contributed by atoms with van der Waals surface area (Å²) in [6, 6.07) is 4.81. The van der Waals surface area contributed by atoms with Gasteiger partial charge in [0.05, 0.1) is 0 Å². The van der Waals surface area contributed by atoms with Gasteiger partial charge in [0.25, 0.3) is 0 Å². The monoisotopic (exact) mass is 347 g/mol. The van der Waals surface area contributed by atoms with Crippen molar-refractivity contribution in [1.29, 1.82) is 0 Å². The minimum atomic E-state index is -4.38. The van der Waals surface area contributed by atoms with Gasteiger partial charge in [-0.25, -0.2) is 4.68 Å². The quantitative estimate of drug-likeness (QED) is 0.848. The van der Waals surface area contributed by atoms with Crippen molar-refractivity contribution in [1.82, 2.24) is 20.2 Å². The van der Waals surface area contributed by atoms with Gasteiger partial charge in [-0.2, -0.15) is 13.2 Å². The van der Waals surface area contributed by atoms with Crippen LogP contribution < -0.4 is 5.73 Å². The number of hydrogen-bond donors (Lipinski definition) is 1. The van der Waals surface area contributed by atoms with Crippen LogP contribution in [-0.4, -0.2) is 26.4 Å². The summed E-state index contributed by atoms with van der Waals surface area (Å²) >= 11 is 3.23. The molecule has 20 heavy (non-hydrogen) atoms. The zero-order chi connectivity index (χ0) is 14.5. The van der Waals surface area contributed by atoms with Crippen molar-refractivity contribution in [2.45, 2.75) is 24.6 Å². The van der Waals surface area contributed by atoms with Crippen LogP contribution in [0.2, 0.25) is 0 Å². The van der Waals surface area contributed by atoms with Gasteiger partial charge in [0.1, 0.15) is 0 Å². The lowest BCUT2D eigenvalue weighted by molar-refractivity contribution is -0.182. The third-order valence-corrected chi connectivity index (χ3v) is 4.10. The number of aromatic nitrogens is 4. The van der Waals surface area contributed by atoms with E-state index in [4.69, 9.17) is 5.73 Å². The summed E-state index contributed by atoms with van der Waals surface area (Å²) in [6.07, 6.45) is -4.40. The molecule has 1 aromatic heterocycles. The maximum absolute atomic E-state index is 13.1. The molecule has 0 unspecified atom stereocenters. The molecular formula is C11H9BrF3N5. The fourth-order valence-corrected chi connectivity index (χ4v) is 2.32. The molecule has 1 heterocycles. The minimum absolute atomic E-state index is 0.0133. The molecule has 3 rings (SSSR count). The lowest BCUT2D eigenvalue weighted by atomic mass is 10.1. The Morgan fingerprint density at radius 2 is 2.00 bits per heavy atom. The molecule has 106 valence electrons. The second kappa shape index (κ2) is 4.18. The van der Waals surface area contributed by atoms with E-state index in [9.17, 15) is 13.2 Å². The first kappa shape index (κ1) is 13.3. The Kier molecular flexibility index (Phi) is 2.79. The second-order valence-corrected chi connectivity index (χ2v) is 5.53. The van der Waals surface area contributed by atoms with Crippen LogP contribution in [0, 0.1) is 0 Å². The summed E-state index contributed by atoms with van der Waals surface area (Å²) in [7, 11) is 0. The zero-order valence-electron chi connectivity index (χ0n) is 10.0. The zero-order valence-corrected chi connectivity index (χ0v) is 11.6. The first-order valence-corrected chi connectivity index (χ1v) is 6.55. The maximum Gasteiger partial charge on any atom is 0.413 e. The number of nitrogens with zero attached hydrogens (tertiary/aromatic N) is 4. The van der Waals surface area contributed by atoms with Gasteiger partial charge in [-0.3, -0.25) is 0 Å². The van der Waals surface area contributed by atoms with Crippen molar-refractivity contribution in [3.8, 4) is 11.4 Å². The van der Waals surface area contributed by atoms with Crippen molar-refractivity contribution >= 4 is 21.6 Å². The highest BCUT2D eigenvalue weighted by atomic mass is 79.9. The van der Waals surface area contributed by atoms with Gasteiger partial charge in [-0.05, 0) is 57.4 Å². The van der Waals surface area contributed by atoms with Crippen molar-refractivity contribution in [3.05, 3.63) is 22.7 Å². The number of benzene rings is 1. The molecular weight excluding hydrogens is 339 g/mol. The summed E-state index contributed by atoms with van der Waals surface area (Å²) in [5.41, 5.74) is 4.62. The average Bonchev–Trinajstić information content (AvgIpc) is 3.05. The molecule has 1 aliphatic carbocycles. The van der Waals surface area contributed by atoms with Gasteiger partial charge < -0.3 is 5.73 Å². The highest BCUT2D eigenvalue weighted by molar-refractivity contribution is 9.10. The van der Waals surface area contributed by atoms with Gasteiger partial charge in [-0.15, -0.1) is 5.10 Å². The number of nitrogens with two attached hydrogens (primary N) is 1. The molecule has 1 fully saturated rings. The Labute approximate surface area is 120 Å². The summed E-state index contributed by atoms with van der Waals surface area (Å²) in [5, 5.41) is 10.6. The lowest BCUT2D eigenvalue weighted by Gasteiger charge is -2.20. The van der Waals surface area contributed by atoms with E-state index in [0.717, 1.165) is 4.68 Å². The number of rotatable bonds is 2. The van der Waals surface area contributed by atoms with Crippen LogP contribution in [0.3, 0.4) is 0 Å². The third kappa shape index (κ3) is 1.88. The van der Waals surface area contributed by atoms with E-state index in [2.05, 4.69) is 31.5 Å². The first-order chi connectivity index (χ1) is 9.35. The standard InChI is InChI=1S/C11H9BrF3N5/c12-7-2-1-6(5-8(7)16)9-17-18-19-20(9)10(3-4-10)11(13,14)15/h1-2,5H,3-4,16H2. The van der Waals surface area contributed by atoms with E-state index in [1.807, 2.05) is 0 Å². The molecule has 0 atom stereocenters. The fraction of sp³-hybridized carbons (Fsp3) is 0.364. The van der Waals surface area contributed by atoms with E-state index in [1.165, 1.54) is 0 Å². The van der Waals surface area contributed by atoms with Crippen LogP contribution in [0.25, 0.3) is 11.4 Å². The van der Waals surface area contributed by atoms with E-state index >= 15 is 0 Å². The molecule has 0 aliphatic heterocycles. The smallest absolute Gasteiger partial charge is 0.398 e. The molecule has 2 aromatic rings. The Hall–Kier alpha value is -1.64. The number of nitrogen functional groups attached to an aromatic ring is 1. The summed E-state index contributed by atoms with van der Waals surface area (Å²) in [5.74, 6) is 0.0685. The molecule has 1 aliphatic rings. The molecule has 0 amide bonds.